The Hall–Kier alpha value is -3.28. The van der Waals surface area contributed by atoms with Crippen LogP contribution in [0.1, 0.15) is 42.6 Å². The molecule has 2 aromatic carbocycles. The molecule has 0 aliphatic carbocycles. The minimum atomic E-state index is -0.515. The lowest BCUT2D eigenvalue weighted by Crippen LogP contribution is -2.44. The van der Waals surface area contributed by atoms with Gasteiger partial charge in [-0.05, 0) is 35.7 Å². The summed E-state index contributed by atoms with van der Waals surface area (Å²) in [5, 5.41) is 11.1. The van der Waals surface area contributed by atoms with Crippen LogP contribution >= 0.6 is 0 Å². The first kappa shape index (κ1) is 17.8. The van der Waals surface area contributed by atoms with Gasteiger partial charge in [-0.1, -0.05) is 43.7 Å². The SMILES string of the molecule is CCCCN1C(=O)[C@@H]2Cc3c([nH]c4ccccc34)[C@H](c3cccc(O)c3)N2C1=O. The van der Waals surface area contributed by atoms with E-state index in [9.17, 15) is 14.7 Å². The second kappa shape index (κ2) is 6.65. The van der Waals surface area contributed by atoms with Gasteiger partial charge >= 0.3 is 6.03 Å². The summed E-state index contributed by atoms with van der Waals surface area (Å²) in [6.45, 7) is 2.49. The van der Waals surface area contributed by atoms with Gasteiger partial charge in [-0.2, -0.15) is 0 Å². The molecule has 1 aromatic heterocycles. The minimum absolute atomic E-state index is 0.121. The van der Waals surface area contributed by atoms with Gasteiger partial charge in [0.1, 0.15) is 17.8 Å². The van der Waals surface area contributed by atoms with Crippen LogP contribution < -0.4 is 0 Å². The maximum Gasteiger partial charge on any atom is 0.328 e. The molecule has 3 aromatic rings. The first-order chi connectivity index (χ1) is 14.1. The van der Waals surface area contributed by atoms with Crippen LogP contribution in [0, 0.1) is 0 Å². The zero-order valence-corrected chi connectivity index (χ0v) is 16.3. The van der Waals surface area contributed by atoms with Gasteiger partial charge in [-0.25, -0.2) is 4.79 Å². The van der Waals surface area contributed by atoms with Gasteiger partial charge in [0.05, 0.1) is 0 Å². The number of rotatable bonds is 4. The number of nitrogens with zero attached hydrogens (tertiary/aromatic N) is 2. The summed E-state index contributed by atoms with van der Waals surface area (Å²) >= 11 is 0. The van der Waals surface area contributed by atoms with Gasteiger partial charge in [-0.3, -0.25) is 14.6 Å². The minimum Gasteiger partial charge on any atom is -0.508 e. The van der Waals surface area contributed by atoms with E-state index >= 15 is 0 Å². The number of para-hydroxylation sites is 1. The van der Waals surface area contributed by atoms with Crippen LogP contribution in [0.25, 0.3) is 10.9 Å². The molecule has 0 bridgehead atoms. The van der Waals surface area contributed by atoms with Crippen molar-refractivity contribution in [2.75, 3.05) is 6.54 Å². The van der Waals surface area contributed by atoms with Crippen molar-refractivity contribution in [3.63, 3.8) is 0 Å². The Morgan fingerprint density at radius 2 is 1.97 bits per heavy atom. The molecule has 1 fully saturated rings. The predicted octanol–water partition coefficient (Wildman–Crippen LogP) is 3.95. The number of aromatic hydroxyl groups is 1. The lowest BCUT2D eigenvalue weighted by Gasteiger charge is -2.36. The maximum atomic E-state index is 13.3. The molecule has 6 heteroatoms. The molecule has 0 unspecified atom stereocenters. The summed E-state index contributed by atoms with van der Waals surface area (Å²) in [5.41, 5.74) is 3.78. The fourth-order valence-electron chi connectivity index (χ4n) is 4.69. The summed E-state index contributed by atoms with van der Waals surface area (Å²) in [6.07, 6.45) is 2.21. The molecule has 2 aliphatic rings. The second-order valence-electron chi connectivity index (χ2n) is 7.81. The molecular formula is C23H23N3O3. The van der Waals surface area contributed by atoms with Crippen LogP contribution in [-0.4, -0.2) is 44.4 Å². The molecule has 148 valence electrons. The van der Waals surface area contributed by atoms with Gasteiger partial charge < -0.3 is 10.1 Å². The number of fused-ring (bicyclic) bond motifs is 4. The predicted molar refractivity (Wildman–Crippen MR) is 110 cm³/mol. The molecule has 2 aliphatic heterocycles. The Balaban J connectivity index is 1.69. The molecule has 2 N–H and O–H groups in total. The number of hydrogen-bond acceptors (Lipinski definition) is 3. The van der Waals surface area contributed by atoms with Crippen molar-refractivity contribution in [1.29, 1.82) is 0 Å². The van der Waals surface area contributed by atoms with E-state index < -0.39 is 12.1 Å². The first-order valence-electron chi connectivity index (χ1n) is 10.1. The van der Waals surface area contributed by atoms with E-state index in [1.807, 2.05) is 31.2 Å². The number of aromatic amines is 1. The van der Waals surface area contributed by atoms with Crippen molar-refractivity contribution in [2.45, 2.75) is 38.3 Å². The molecular weight excluding hydrogens is 366 g/mol. The van der Waals surface area contributed by atoms with E-state index in [2.05, 4.69) is 11.1 Å². The van der Waals surface area contributed by atoms with E-state index in [1.54, 1.807) is 23.1 Å². The number of carbonyl (C=O) groups excluding carboxylic acids is 2. The standard InChI is InChI=1S/C23H23N3O3/c1-2-3-11-25-22(28)19-13-17-16-9-4-5-10-18(16)24-20(17)21(26(19)23(25)29)14-7-6-8-15(27)12-14/h4-10,12,19,21,24,27H,2-3,11,13H2,1H3/t19-,21-/m0/s1. The highest BCUT2D eigenvalue weighted by Gasteiger charge is 2.52. The van der Waals surface area contributed by atoms with E-state index in [-0.39, 0.29) is 17.7 Å². The highest BCUT2D eigenvalue weighted by molar-refractivity contribution is 6.05. The summed E-state index contributed by atoms with van der Waals surface area (Å²) in [6, 6.07) is 13.8. The fraction of sp³-hybridized carbons (Fsp3) is 0.304. The van der Waals surface area contributed by atoms with Crippen LogP contribution in [0.3, 0.4) is 0 Å². The monoisotopic (exact) mass is 389 g/mol. The number of carbonyl (C=O) groups is 2. The number of aromatic nitrogens is 1. The number of amides is 3. The molecule has 0 radical (unpaired) electrons. The van der Waals surface area contributed by atoms with Gasteiger partial charge in [0.15, 0.2) is 0 Å². The highest BCUT2D eigenvalue weighted by atomic mass is 16.3. The number of benzene rings is 2. The van der Waals surface area contributed by atoms with Crippen molar-refractivity contribution in [3.05, 3.63) is 65.4 Å². The summed E-state index contributed by atoms with van der Waals surface area (Å²) in [5.74, 6) is 0.0210. The molecule has 3 heterocycles. The molecule has 3 amide bonds. The average Bonchev–Trinajstić information content (AvgIpc) is 3.20. The Morgan fingerprint density at radius 1 is 1.14 bits per heavy atom. The first-order valence-corrected chi connectivity index (χ1v) is 10.1. The second-order valence-corrected chi connectivity index (χ2v) is 7.81. The maximum absolute atomic E-state index is 13.3. The van der Waals surface area contributed by atoms with Crippen LogP contribution in [0.4, 0.5) is 4.79 Å². The Bertz CT molecular complexity index is 1120. The van der Waals surface area contributed by atoms with Crippen molar-refractivity contribution < 1.29 is 14.7 Å². The van der Waals surface area contributed by atoms with Crippen molar-refractivity contribution >= 4 is 22.8 Å². The molecule has 2 atom stereocenters. The summed E-state index contributed by atoms with van der Waals surface area (Å²) in [7, 11) is 0. The molecule has 5 rings (SSSR count). The Labute approximate surface area is 168 Å². The van der Waals surface area contributed by atoms with Crippen LogP contribution in [0.2, 0.25) is 0 Å². The molecule has 29 heavy (non-hydrogen) atoms. The number of urea groups is 1. The lowest BCUT2D eigenvalue weighted by atomic mass is 9.89. The molecule has 1 saturated heterocycles. The number of imide groups is 1. The Morgan fingerprint density at radius 3 is 2.76 bits per heavy atom. The number of phenols is 1. The van der Waals surface area contributed by atoms with Gasteiger partial charge in [0, 0.05) is 29.6 Å². The number of unbranched alkanes of at least 4 members (excludes halogenated alkanes) is 1. The average molecular weight is 389 g/mol. The van der Waals surface area contributed by atoms with E-state index in [0.717, 1.165) is 40.6 Å². The molecule has 6 nitrogen and oxygen atoms in total. The highest BCUT2D eigenvalue weighted by Crippen LogP contribution is 2.44. The quantitative estimate of drug-likeness (QED) is 0.664. The van der Waals surface area contributed by atoms with Crippen molar-refractivity contribution in [1.82, 2.24) is 14.8 Å². The van der Waals surface area contributed by atoms with Crippen LogP contribution in [0.5, 0.6) is 5.75 Å². The zero-order chi connectivity index (χ0) is 20.1. The number of nitrogens with one attached hydrogen (secondary N) is 1. The summed E-state index contributed by atoms with van der Waals surface area (Å²) < 4.78 is 0. The van der Waals surface area contributed by atoms with Crippen LogP contribution in [0.15, 0.2) is 48.5 Å². The summed E-state index contributed by atoms with van der Waals surface area (Å²) in [4.78, 5) is 33.1. The van der Waals surface area contributed by atoms with Gasteiger partial charge in [-0.15, -0.1) is 0 Å². The lowest BCUT2D eigenvalue weighted by molar-refractivity contribution is -0.128. The smallest absolute Gasteiger partial charge is 0.328 e. The number of H-pyrrole nitrogens is 1. The third-order valence-electron chi connectivity index (χ3n) is 6.06. The molecule has 0 saturated carbocycles. The van der Waals surface area contributed by atoms with E-state index in [1.165, 1.54) is 4.90 Å². The topological polar surface area (TPSA) is 76.6 Å². The van der Waals surface area contributed by atoms with Gasteiger partial charge in [0.2, 0.25) is 0 Å². The third kappa shape index (κ3) is 2.63. The van der Waals surface area contributed by atoms with E-state index in [4.69, 9.17) is 0 Å². The molecule has 0 spiro atoms. The zero-order valence-electron chi connectivity index (χ0n) is 16.3. The van der Waals surface area contributed by atoms with Gasteiger partial charge in [0.25, 0.3) is 5.91 Å². The van der Waals surface area contributed by atoms with Crippen molar-refractivity contribution in [3.8, 4) is 5.75 Å². The number of phenolic OH excluding ortho intramolecular Hbond substituents is 1. The van der Waals surface area contributed by atoms with E-state index in [0.29, 0.717) is 13.0 Å². The van der Waals surface area contributed by atoms with Crippen LogP contribution in [-0.2, 0) is 11.2 Å². The third-order valence-corrected chi connectivity index (χ3v) is 6.06. The van der Waals surface area contributed by atoms with Crippen molar-refractivity contribution in [2.24, 2.45) is 0 Å². The fourth-order valence-corrected chi connectivity index (χ4v) is 4.69. The Kier molecular flexibility index (Phi) is 4.08. The normalized spacial score (nSPS) is 21.0. The largest absolute Gasteiger partial charge is 0.508 e. The number of hydrogen-bond donors (Lipinski definition) is 2.